The Morgan fingerprint density at radius 1 is 1.24 bits per heavy atom. The first kappa shape index (κ1) is 13.4. The largest absolute Gasteiger partial charge is 0.366 e. The molecule has 0 saturated carbocycles. The van der Waals surface area contributed by atoms with E-state index in [0.717, 1.165) is 22.2 Å². The molecule has 21 heavy (non-hydrogen) atoms. The Kier molecular flexibility index (Phi) is 3.46. The van der Waals surface area contributed by atoms with E-state index >= 15 is 0 Å². The van der Waals surface area contributed by atoms with Gasteiger partial charge in [0.05, 0.1) is 0 Å². The summed E-state index contributed by atoms with van der Waals surface area (Å²) in [4.78, 5) is 19.0. The Morgan fingerprint density at radius 2 is 2.00 bits per heavy atom. The van der Waals surface area contributed by atoms with Gasteiger partial charge in [-0.1, -0.05) is 23.7 Å². The van der Waals surface area contributed by atoms with Crippen molar-refractivity contribution in [2.24, 2.45) is 5.73 Å². The van der Waals surface area contributed by atoms with Crippen LogP contribution >= 0.6 is 11.6 Å². The fourth-order valence-electron chi connectivity index (χ4n) is 2.18. The molecule has 0 aliphatic carbocycles. The van der Waals surface area contributed by atoms with E-state index in [1.165, 1.54) is 0 Å². The van der Waals surface area contributed by atoms with Crippen LogP contribution in [0, 0.1) is 0 Å². The molecule has 1 aromatic carbocycles. The second kappa shape index (κ2) is 5.42. The summed E-state index contributed by atoms with van der Waals surface area (Å²) >= 11 is 5.87. The Balaban J connectivity index is 2.13. The van der Waals surface area contributed by atoms with Gasteiger partial charge in [-0.15, -0.1) is 0 Å². The number of carbonyl (C=O) groups excluding carboxylic acids is 1. The molecule has 0 saturated heterocycles. The molecule has 0 fully saturated rings. The van der Waals surface area contributed by atoms with E-state index in [2.05, 4.69) is 9.97 Å². The maximum atomic E-state index is 11.7. The minimum Gasteiger partial charge on any atom is -0.366 e. The van der Waals surface area contributed by atoms with Crippen molar-refractivity contribution in [2.45, 2.75) is 0 Å². The summed E-state index contributed by atoms with van der Waals surface area (Å²) < 4.78 is 0. The quantitative estimate of drug-likeness (QED) is 0.728. The first-order chi connectivity index (χ1) is 10.1. The third kappa shape index (κ3) is 2.66. The number of benzene rings is 1. The second-order valence-electron chi connectivity index (χ2n) is 4.57. The number of aromatic nitrogens is 2. The lowest BCUT2D eigenvalue weighted by Crippen LogP contribution is -2.12. The number of carbonyl (C=O) groups is 1. The van der Waals surface area contributed by atoms with Crippen molar-refractivity contribution in [1.29, 1.82) is 0 Å². The third-order valence-electron chi connectivity index (χ3n) is 3.20. The average molecular weight is 298 g/mol. The molecule has 5 heteroatoms. The maximum Gasteiger partial charge on any atom is 0.249 e. The molecule has 1 amide bonds. The molecule has 104 valence electrons. The molecule has 0 aliphatic rings. The number of nitrogens with zero attached hydrogens (tertiary/aromatic N) is 1. The minimum atomic E-state index is -0.490. The number of fused-ring (bicyclic) bond motifs is 1. The molecule has 2 heterocycles. The molecule has 3 N–H and O–H groups in total. The van der Waals surface area contributed by atoms with Gasteiger partial charge in [-0.25, -0.2) is 4.98 Å². The molecule has 0 spiro atoms. The molecule has 3 aromatic rings. The van der Waals surface area contributed by atoms with Crippen LogP contribution in [-0.2, 0) is 4.79 Å². The van der Waals surface area contributed by atoms with Crippen LogP contribution in [0.1, 0.15) is 11.1 Å². The van der Waals surface area contributed by atoms with Crippen molar-refractivity contribution in [3.63, 3.8) is 0 Å². The Labute approximate surface area is 126 Å². The standard InChI is InChI=1S/C16H12ClN3O/c17-12-5-3-10(4-6-12)14(15(18)21)8-11-9-20-16-13(11)2-1-7-19-16/h1-9H,(H2,18,21)(H,19,20). The summed E-state index contributed by atoms with van der Waals surface area (Å²) in [6.45, 7) is 0. The number of nitrogens with two attached hydrogens (primary N) is 1. The number of halogens is 1. The van der Waals surface area contributed by atoms with Crippen molar-refractivity contribution in [3.8, 4) is 0 Å². The summed E-state index contributed by atoms with van der Waals surface area (Å²) in [5.74, 6) is -0.490. The van der Waals surface area contributed by atoms with E-state index in [4.69, 9.17) is 17.3 Å². The van der Waals surface area contributed by atoms with Crippen LogP contribution < -0.4 is 5.73 Å². The van der Waals surface area contributed by atoms with Crippen molar-refractivity contribution in [2.75, 3.05) is 0 Å². The molecule has 2 aromatic heterocycles. The van der Waals surface area contributed by atoms with Crippen LogP contribution in [0.3, 0.4) is 0 Å². The molecule has 3 rings (SSSR count). The topological polar surface area (TPSA) is 71.8 Å². The van der Waals surface area contributed by atoms with Gasteiger partial charge >= 0.3 is 0 Å². The lowest BCUT2D eigenvalue weighted by atomic mass is 10.0. The fraction of sp³-hybridized carbons (Fsp3) is 0. The number of amides is 1. The Bertz CT molecular complexity index is 834. The molecule has 0 radical (unpaired) electrons. The van der Waals surface area contributed by atoms with Gasteiger partial charge in [0.2, 0.25) is 5.91 Å². The molecule has 4 nitrogen and oxygen atoms in total. The summed E-state index contributed by atoms with van der Waals surface area (Å²) in [7, 11) is 0. The van der Waals surface area contributed by atoms with Crippen LogP contribution in [0.5, 0.6) is 0 Å². The van der Waals surface area contributed by atoms with Crippen molar-refractivity contribution >= 4 is 40.2 Å². The number of rotatable bonds is 3. The van der Waals surface area contributed by atoms with Crippen LogP contribution in [-0.4, -0.2) is 15.9 Å². The van der Waals surface area contributed by atoms with E-state index in [1.54, 1.807) is 42.7 Å². The first-order valence-electron chi connectivity index (χ1n) is 6.34. The van der Waals surface area contributed by atoms with Crippen LogP contribution in [0.4, 0.5) is 0 Å². The summed E-state index contributed by atoms with van der Waals surface area (Å²) in [5.41, 5.74) is 8.29. The normalized spacial score (nSPS) is 11.8. The average Bonchev–Trinajstić information content (AvgIpc) is 2.89. The number of hydrogen-bond acceptors (Lipinski definition) is 2. The highest BCUT2D eigenvalue weighted by Gasteiger charge is 2.10. The number of nitrogens with one attached hydrogen (secondary N) is 1. The lowest BCUT2D eigenvalue weighted by molar-refractivity contribution is -0.112. The number of pyridine rings is 1. The summed E-state index contributed by atoms with van der Waals surface area (Å²) in [5, 5.41) is 1.55. The van der Waals surface area contributed by atoms with E-state index < -0.39 is 5.91 Å². The monoisotopic (exact) mass is 297 g/mol. The number of H-pyrrole nitrogens is 1. The molecular formula is C16H12ClN3O. The zero-order chi connectivity index (χ0) is 14.8. The van der Waals surface area contributed by atoms with Gasteiger partial charge in [0.25, 0.3) is 0 Å². The van der Waals surface area contributed by atoms with Crippen molar-refractivity contribution < 1.29 is 4.79 Å². The first-order valence-corrected chi connectivity index (χ1v) is 6.72. The van der Waals surface area contributed by atoms with Gasteiger partial charge in [-0.3, -0.25) is 4.79 Å². The fourth-order valence-corrected chi connectivity index (χ4v) is 2.30. The van der Waals surface area contributed by atoms with Gasteiger partial charge in [0.15, 0.2) is 0 Å². The van der Waals surface area contributed by atoms with E-state index in [9.17, 15) is 4.79 Å². The molecule has 0 unspecified atom stereocenters. The van der Waals surface area contributed by atoms with Gasteiger partial charge in [0.1, 0.15) is 5.65 Å². The van der Waals surface area contributed by atoms with Gasteiger partial charge in [-0.2, -0.15) is 0 Å². The minimum absolute atomic E-state index is 0.427. The van der Waals surface area contributed by atoms with Crippen LogP contribution in [0.15, 0.2) is 48.8 Å². The summed E-state index contributed by atoms with van der Waals surface area (Å²) in [6, 6.07) is 10.8. The van der Waals surface area contributed by atoms with Crippen molar-refractivity contribution in [1.82, 2.24) is 9.97 Å². The highest BCUT2D eigenvalue weighted by Crippen LogP contribution is 2.24. The van der Waals surface area contributed by atoms with E-state index in [1.807, 2.05) is 12.1 Å². The molecule has 0 aliphatic heterocycles. The van der Waals surface area contributed by atoms with Gasteiger partial charge in [0, 0.05) is 33.9 Å². The highest BCUT2D eigenvalue weighted by molar-refractivity contribution is 6.31. The van der Waals surface area contributed by atoms with Crippen LogP contribution in [0.25, 0.3) is 22.7 Å². The number of hydrogen-bond donors (Lipinski definition) is 2. The van der Waals surface area contributed by atoms with Gasteiger partial charge < -0.3 is 10.7 Å². The predicted octanol–water partition coefficient (Wildman–Crippen LogP) is 3.24. The highest BCUT2D eigenvalue weighted by atomic mass is 35.5. The second-order valence-corrected chi connectivity index (χ2v) is 5.01. The Morgan fingerprint density at radius 3 is 2.71 bits per heavy atom. The SMILES string of the molecule is NC(=O)C(=Cc1c[nH]c2ncccc12)c1ccc(Cl)cc1. The van der Waals surface area contributed by atoms with Crippen molar-refractivity contribution in [3.05, 3.63) is 64.9 Å². The molecule has 0 bridgehead atoms. The van der Waals surface area contributed by atoms with E-state index in [-0.39, 0.29) is 0 Å². The zero-order valence-electron chi connectivity index (χ0n) is 11.0. The number of primary amides is 1. The Hall–Kier alpha value is -2.59. The lowest BCUT2D eigenvalue weighted by Gasteiger charge is -2.04. The van der Waals surface area contributed by atoms with Crippen LogP contribution in [0.2, 0.25) is 5.02 Å². The molecule has 0 atom stereocenters. The number of aromatic amines is 1. The third-order valence-corrected chi connectivity index (χ3v) is 3.46. The smallest absolute Gasteiger partial charge is 0.249 e. The molecular weight excluding hydrogens is 286 g/mol. The predicted molar refractivity (Wildman–Crippen MR) is 84.6 cm³/mol. The zero-order valence-corrected chi connectivity index (χ0v) is 11.8. The van der Waals surface area contributed by atoms with E-state index in [0.29, 0.717) is 10.6 Å². The van der Waals surface area contributed by atoms with Gasteiger partial charge in [-0.05, 0) is 35.9 Å². The maximum absolute atomic E-state index is 11.7. The summed E-state index contributed by atoms with van der Waals surface area (Å²) in [6.07, 6.45) is 5.27.